The molecule has 0 saturated heterocycles. The second-order valence-corrected chi connectivity index (χ2v) is 6.23. The van der Waals surface area contributed by atoms with Gasteiger partial charge in [0.1, 0.15) is 17.2 Å². The van der Waals surface area contributed by atoms with Crippen molar-refractivity contribution in [2.24, 2.45) is 4.99 Å². The fourth-order valence-corrected chi connectivity index (χ4v) is 2.43. The van der Waals surface area contributed by atoms with Gasteiger partial charge in [-0.2, -0.15) is 0 Å². The van der Waals surface area contributed by atoms with E-state index in [9.17, 15) is 5.11 Å². The van der Waals surface area contributed by atoms with Crippen LogP contribution in [0.15, 0.2) is 47.5 Å². The summed E-state index contributed by atoms with van der Waals surface area (Å²) in [5.74, 6) is 1.69. The van der Waals surface area contributed by atoms with Crippen molar-refractivity contribution < 1.29 is 14.6 Å². The molecule has 0 heterocycles. The fraction of sp³-hybridized carbons (Fsp3) is 0.409. The molecule has 0 saturated carbocycles. The van der Waals surface area contributed by atoms with Gasteiger partial charge in [-0.05, 0) is 49.2 Å². The first-order chi connectivity index (χ1) is 12.7. The van der Waals surface area contributed by atoms with Crippen LogP contribution in [0.25, 0.3) is 0 Å². The lowest BCUT2D eigenvalue weighted by Crippen LogP contribution is -1.96. The van der Waals surface area contributed by atoms with Crippen LogP contribution in [-0.2, 0) is 0 Å². The van der Waals surface area contributed by atoms with Crippen molar-refractivity contribution >= 4 is 11.9 Å². The normalized spacial score (nSPS) is 11.0. The minimum atomic E-state index is 0.161. The summed E-state index contributed by atoms with van der Waals surface area (Å²) in [6.07, 6.45) is 7.38. The third-order valence-electron chi connectivity index (χ3n) is 3.93. The van der Waals surface area contributed by atoms with Gasteiger partial charge >= 0.3 is 0 Å². The highest BCUT2D eigenvalue weighted by Gasteiger charge is 2.02. The molecule has 0 unspecified atom stereocenters. The van der Waals surface area contributed by atoms with Gasteiger partial charge in [-0.3, -0.25) is 4.99 Å². The van der Waals surface area contributed by atoms with Crippen molar-refractivity contribution in [3.05, 3.63) is 48.0 Å². The topological polar surface area (TPSA) is 51.0 Å². The Bertz CT molecular complexity index is 680. The van der Waals surface area contributed by atoms with Crippen LogP contribution >= 0.6 is 0 Å². The van der Waals surface area contributed by atoms with Crippen LogP contribution in [0, 0.1) is 0 Å². The Morgan fingerprint density at radius 1 is 0.846 bits per heavy atom. The third kappa shape index (κ3) is 6.79. The summed E-state index contributed by atoms with van der Waals surface area (Å²) in [7, 11) is 0. The Hall–Kier alpha value is -2.49. The van der Waals surface area contributed by atoms with E-state index in [1.165, 1.54) is 19.3 Å². The summed E-state index contributed by atoms with van der Waals surface area (Å²) < 4.78 is 11.2. The molecule has 2 aromatic carbocycles. The van der Waals surface area contributed by atoms with E-state index in [-0.39, 0.29) is 5.75 Å². The summed E-state index contributed by atoms with van der Waals surface area (Å²) in [5.41, 5.74) is 1.47. The molecule has 4 nitrogen and oxygen atoms in total. The van der Waals surface area contributed by atoms with E-state index >= 15 is 0 Å². The molecule has 0 atom stereocenters. The van der Waals surface area contributed by atoms with Crippen LogP contribution in [0.2, 0.25) is 0 Å². The summed E-state index contributed by atoms with van der Waals surface area (Å²) in [4.78, 5) is 4.41. The van der Waals surface area contributed by atoms with Gasteiger partial charge in [0.25, 0.3) is 0 Å². The maximum absolute atomic E-state index is 10.1. The highest BCUT2D eigenvalue weighted by Crippen LogP contribution is 2.24. The number of ether oxygens (including phenoxy) is 2. The van der Waals surface area contributed by atoms with Gasteiger partial charge in [-0.15, -0.1) is 0 Å². The van der Waals surface area contributed by atoms with Gasteiger partial charge in [0.2, 0.25) is 0 Å². The number of phenols is 1. The van der Waals surface area contributed by atoms with Crippen molar-refractivity contribution in [2.45, 2.75) is 46.0 Å². The molecule has 0 bridgehead atoms. The predicted molar refractivity (Wildman–Crippen MR) is 107 cm³/mol. The monoisotopic (exact) mass is 355 g/mol. The van der Waals surface area contributed by atoms with Crippen LogP contribution < -0.4 is 9.47 Å². The van der Waals surface area contributed by atoms with Crippen molar-refractivity contribution in [1.29, 1.82) is 0 Å². The highest BCUT2D eigenvalue weighted by atomic mass is 16.5. The lowest BCUT2D eigenvalue weighted by Gasteiger charge is -2.07. The first kappa shape index (κ1) is 19.8. The van der Waals surface area contributed by atoms with E-state index in [1.54, 1.807) is 18.3 Å². The Morgan fingerprint density at radius 3 is 2.27 bits per heavy atom. The zero-order chi connectivity index (χ0) is 18.6. The summed E-state index contributed by atoms with van der Waals surface area (Å²) in [6, 6.07) is 12.9. The number of rotatable bonds is 11. The maximum Gasteiger partial charge on any atom is 0.128 e. The molecule has 0 aromatic heterocycles. The number of nitrogens with zero attached hydrogens (tertiary/aromatic N) is 1. The average molecular weight is 355 g/mol. The zero-order valence-corrected chi connectivity index (χ0v) is 15.8. The smallest absolute Gasteiger partial charge is 0.128 e. The molecule has 0 aliphatic heterocycles. The fourth-order valence-electron chi connectivity index (χ4n) is 2.43. The average Bonchev–Trinajstić information content (AvgIpc) is 2.66. The van der Waals surface area contributed by atoms with E-state index in [4.69, 9.17) is 9.47 Å². The van der Waals surface area contributed by atoms with Gasteiger partial charge in [-0.25, -0.2) is 0 Å². The van der Waals surface area contributed by atoms with Gasteiger partial charge in [0.15, 0.2) is 0 Å². The Morgan fingerprint density at radius 2 is 1.58 bits per heavy atom. The Kier molecular flexibility index (Phi) is 8.53. The number of hydrogen-bond acceptors (Lipinski definition) is 4. The van der Waals surface area contributed by atoms with Gasteiger partial charge in [0.05, 0.1) is 18.9 Å². The number of aromatic hydroxyl groups is 1. The van der Waals surface area contributed by atoms with E-state index in [0.717, 1.165) is 30.9 Å². The number of hydrogen-bond donors (Lipinski definition) is 1. The van der Waals surface area contributed by atoms with Crippen LogP contribution in [0.1, 0.15) is 51.5 Å². The molecule has 2 aromatic rings. The lowest BCUT2D eigenvalue weighted by molar-refractivity contribution is 0.305. The van der Waals surface area contributed by atoms with Gasteiger partial charge < -0.3 is 14.6 Å². The second kappa shape index (κ2) is 11.2. The SMILES string of the molecule is CCCCCCOc1ccc(N=Cc2ccc(OCCC)cc2O)cc1. The second-order valence-electron chi connectivity index (χ2n) is 6.23. The Labute approximate surface area is 156 Å². The number of unbranched alkanes of at least 4 members (excludes halogenated alkanes) is 3. The minimum absolute atomic E-state index is 0.161. The van der Waals surface area contributed by atoms with Crippen molar-refractivity contribution in [2.75, 3.05) is 13.2 Å². The van der Waals surface area contributed by atoms with E-state index in [1.807, 2.05) is 37.3 Å². The summed E-state index contributed by atoms with van der Waals surface area (Å²) in [5, 5.41) is 10.1. The van der Waals surface area contributed by atoms with Gasteiger partial charge in [-0.1, -0.05) is 33.1 Å². The van der Waals surface area contributed by atoms with E-state index < -0.39 is 0 Å². The third-order valence-corrected chi connectivity index (χ3v) is 3.93. The molecular weight excluding hydrogens is 326 g/mol. The number of benzene rings is 2. The predicted octanol–water partition coefficient (Wildman–Crippen LogP) is 5.89. The molecule has 0 amide bonds. The largest absolute Gasteiger partial charge is 0.507 e. The first-order valence-electron chi connectivity index (χ1n) is 9.45. The highest BCUT2D eigenvalue weighted by molar-refractivity contribution is 5.85. The molecule has 0 aliphatic rings. The maximum atomic E-state index is 10.1. The summed E-state index contributed by atoms with van der Waals surface area (Å²) in [6.45, 7) is 5.64. The molecule has 1 N–H and O–H groups in total. The molecule has 26 heavy (non-hydrogen) atoms. The van der Waals surface area contributed by atoms with Crippen LogP contribution in [0.5, 0.6) is 17.2 Å². The molecule has 0 fully saturated rings. The van der Waals surface area contributed by atoms with Gasteiger partial charge in [0, 0.05) is 17.8 Å². The quantitative estimate of drug-likeness (QED) is 0.404. The molecule has 2 rings (SSSR count). The molecule has 0 spiro atoms. The zero-order valence-electron chi connectivity index (χ0n) is 15.8. The van der Waals surface area contributed by atoms with Crippen LogP contribution in [-0.4, -0.2) is 24.5 Å². The minimum Gasteiger partial charge on any atom is -0.507 e. The van der Waals surface area contributed by atoms with Crippen LogP contribution in [0.4, 0.5) is 5.69 Å². The molecule has 140 valence electrons. The van der Waals surface area contributed by atoms with Crippen LogP contribution in [0.3, 0.4) is 0 Å². The number of aliphatic imine (C=N–C) groups is 1. The van der Waals surface area contributed by atoms with E-state index in [2.05, 4.69) is 11.9 Å². The summed E-state index contributed by atoms with van der Waals surface area (Å²) >= 11 is 0. The van der Waals surface area contributed by atoms with Crippen molar-refractivity contribution in [3.8, 4) is 17.2 Å². The first-order valence-corrected chi connectivity index (χ1v) is 9.45. The molecule has 0 aliphatic carbocycles. The van der Waals surface area contributed by atoms with Crippen molar-refractivity contribution in [3.63, 3.8) is 0 Å². The van der Waals surface area contributed by atoms with E-state index in [0.29, 0.717) is 17.9 Å². The Balaban J connectivity index is 1.87. The van der Waals surface area contributed by atoms with Crippen molar-refractivity contribution in [1.82, 2.24) is 0 Å². The molecular formula is C22H29NO3. The number of phenolic OH excluding ortho intramolecular Hbond substituents is 1. The lowest BCUT2D eigenvalue weighted by atomic mass is 10.2. The molecule has 0 radical (unpaired) electrons. The standard InChI is InChI=1S/C22H29NO3/c1-3-5-6-7-15-26-20-12-9-19(10-13-20)23-17-18-8-11-21(16-22(18)24)25-14-4-2/h8-13,16-17,24H,3-7,14-15H2,1-2H3. The molecule has 4 heteroatoms.